The Hall–Kier alpha value is -1.40. The topological polar surface area (TPSA) is 75.6 Å². The fourth-order valence-electron chi connectivity index (χ4n) is 2.60. The molecule has 1 aliphatic carbocycles. The van der Waals surface area contributed by atoms with Crippen LogP contribution in [-0.4, -0.2) is 34.2 Å². The predicted molar refractivity (Wildman–Crippen MR) is 72.4 cm³/mol. The summed E-state index contributed by atoms with van der Waals surface area (Å²) in [6.45, 7) is 4.90. The van der Waals surface area contributed by atoms with Gasteiger partial charge in [-0.05, 0) is 33.6 Å². The first-order valence-corrected chi connectivity index (χ1v) is 7.08. The van der Waals surface area contributed by atoms with Crippen LogP contribution in [0.25, 0.3) is 0 Å². The maximum Gasteiger partial charge on any atom is 0.408 e. The molecule has 2 N–H and O–H groups in total. The van der Waals surface area contributed by atoms with Gasteiger partial charge < -0.3 is 15.2 Å². The number of carboxylic acids is 1. The summed E-state index contributed by atoms with van der Waals surface area (Å²) in [5, 5.41) is 11.0. The number of aliphatic carboxylic acids is 1. The second-order valence-corrected chi connectivity index (χ2v) is 6.54. The van der Waals surface area contributed by atoms with Gasteiger partial charge in [0.1, 0.15) is 17.6 Å². The average molecular weight is 307 g/mol. The van der Waals surface area contributed by atoms with Crippen molar-refractivity contribution in [2.24, 2.45) is 0 Å². The molecule has 0 saturated heterocycles. The van der Waals surface area contributed by atoms with Gasteiger partial charge in [0.05, 0.1) is 0 Å². The molecule has 0 aliphatic heterocycles. The molecule has 0 aromatic heterocycles. The van der Waals surface area contributed by atoms with Gasteiger partial charge in [-0.3, -0.25) is 4.79 Å². The van der Waals surface area contributed by atoms with Crippen LogP contribution in [0.1, 0.15) is 59.3 Å². The number of halogens is 2. The Morgan fingerprint density at radius 3 is 2.14 bits per heavy atom. The van der Waals surface area contributed by atoms with E-state index in [9.17, 15) is 18.4 Å². The predicted octanol–water partition coefficient (Wildman–Crippen LogP) is 3.32. The van der Waals surface area contributed by atoms with Crippen LogP contribution in [0.2, 0.25) is 0 Å². The highest BCUT2D eigenvalue weighted by molar-refractivity contribution is 5.71. The fraction of sp³-hybridized carbons (Fsp3) is 0.857. The number of hydrogen-bond acceptors (Lipinski definition) is 3. The number of hydrogen-bond donors (Lipinski definition) is 2. The molecule has 21 heavy (non-hydrogen) atoms. The Morgan fingerprint density at radius 1 is 1.19 bits per heavy atom. The summed E-state index contributed by atoms with van der Waals surface area (Å²) in [5.74, 6) is -5.10. The third-order valence-electron chi connectivity index (χ3n) is 3.52. The van der Waals surface area contributed by atoms with E-state index in [1.165, 1.54) is 0 Å². The van der Waals surface area contributed by atoms with Crippen LogP contribution in [0, 0.1) is 0 Å². The van der Waals surface area contributed by atoms with Crippen LogP contribution in [0.15, 0.2) is 0 Å². The van der Waals surface area contributed by atoms with Crippen LogP contribution in [0.5, 0.6) is 0 Å². The van der Waals surface area contributed by atoms with E-state index in [-0.39, 0.29) is 12.8 Å². The molecule has 122 valence electrons. The van der Waals surface area contributed by atoms with Crippen molar-refractivity contribution in [3.8, 4) is 0 Å². The number of amides is 1. The van der Waals surface area contributed by atoms with E-state index in [2.05, 4.69) is 5.32 Å². The maximum absolute atomic E-state index is 14.4. The molecule has 1 amide bonds. The molecule has 0 aromatic rings. The molecule has 0 heterocycles. The minimum absolute atomic E-state index is 0.0481. The monoisotopic (exact) mass is 307 g/mol. The lowest BCUT2D eigenvalue weighted by molar-refractivity contribution is -0.156. The number of carbonyl (C=O) groups excluding carboxylic acids is 1. The van der Waals surface area contributed by atoms with Gasteiger partial charge in [0, 0.05) is 0 Å². The van der Waals surface area contributed by atoms with E-state index in [1.54, 1.807) is 20.8 Å². The maximum atomic E-state index is 14.4. The normalized spacial score (nSPS) is 18.9. The van der Waals surface area contributed by atoms with Crippen molar-refractivity contribution >= 4 is 12.1 Å². The summed E-state index contributed by atoms with van der Waals surface area (Å²) in [6.07, 6.45) is -0.312. The second kappa shape index (κ2) is 6.15. The first kappa shape index (κ1) is 17.7. The van der Waals surface area contributed by atoms with Gasteiger partial charge in [0.25, 0.3) is 5.92 Å². The Balaban J connectivity index is 2.93. The van der Waals surface area contributed by atoms with Crippen molar-refractivity contribution in [1.29, 1.82) is 0 Å². The lowest BCUT2D eigenvalue weighted by atomic mass is 9.76. The molecule has 7 heteroatoms. The van der Waals surface area contributed by atoms with Crippen LogP contribution in [0.3, 0.4) is 0 Å². The zero-order valence-corrected chi connectivity index (χ0v) is 12.7. The second-order valence-electron chi connectivity index (χ2n) is 6.54. The highest BCUT2D eigenvalue weighted by Gasteiger charge is 2.56. The van der Waals surface area contributed by atoms with E-state index >= 15 is 0 Å². The standard InChI is InChI=1S/C14H23F2NO4/c1-12(2,3)21-11(20)17-13(7-5-4-6-8-13)14(15,16)9-10(18)19/h4-9H2,1-3H3,(H,17,20)(H,18,19). The van der Waals surface area contributed by atoms with Gasteiger partial charge in [0.2, 0.25) is 0 Å². The first-order chi connectivity index (χ1) is 9.47. The smallest absolute Gasteiger partial charge is 0.408 e. The summed E-state index contributed by atoms with van der Waals surface area (Å²) in [5.41, 5.74) is -2.64. The first-order valence-electron chi connectivity index (χ1n) is 7.08. The molecular formula is C14H23F2NO4. The SMILES string of the molecule is CC(C)(C)OC(=O)NC1(C(F)(F)CC(=O)O)CCCCC1. The number of ether oxygens (including phenoxy) is 1. The number of nitrogens with one attached hydrogen (secondary N) is 1. The summed E-state index contributed by atoms with van der Waals surface area (Å²) < 4.78 is 33.7. The molecule has 1 fully saturated rings. The average Bonchev–Trinajstić information content (AvgIpc) is 2.25. The highest BCUT2D eigenvalue weighted by atomic mass is 19.3. The minimum atomic E-state index is -3.52. The van der Waals surface area contributed by atoms with E-state index in [0.29, 0.717) is 12.8 Å². The molecule has 0 aromatic carbocycles. The quantitative estimate of drug-likeness (QED) is 0.835. The van der Waals surface area contributed by atoms with Gasteiger partial charge in [-0.1, -0.05) is 19.3 Å². The molecular weight excluding hydrogens is 284 g/mol. The van der Waals surface area contributed by atoms with Gasteiger partial charge in [-0.15, -0.1) is 0 Å². The van der Waals surface area contributed by atoms with Crippen LogP contribution < -0.4 is 5.32 Å². The summed E-state index contributed by atoms with van der Waals surface area (Å²) in [4.78, 5) is 22.5. The molecule has 0 radical (unpaired) electrons. The lowest BCUT2D eigenvalue weighted by Crippen LogP contribution is -2.62. The van der Waals surface area contributed by atoms with Crippen molar-refractivity contribution in [2.45, 2.75) is 76.4 Å². The largest absolute Gasteiger partial charge is 0.481 e. The van der Waals surface area contributed by atoms with Gasteiger partial charge in [-0.2, -0.15) is 0 Å². The summed E-state index contributed by atoms with van der Waals surface area (Å²) in [6, 6.07) is 0. The van der Waals surface area contributed by atoms with Crippen molar-refractivity contribution < 1.29 is 28.2 Å². The van der Waals surface area contributed by atoms with E-state index < -0.39 is 35.5 Å². The molecule has 5 nitrogen and oxygen atoms in total. The number of carboxylic acid groups (broad SMARTS) is 1. The highest BCUT2D eigenvalue weighted by Crippen LogP contribution is 2.42. The minimum Gasteiger partial charge on any atom is -0.481 e. The van der Waals surface area contributed by atoms with Gasteiger partial charge in [0.15, 0.2) is 0 Å². The third kappa shape index (κ3) is 4.82. The lowest BCUT2D eigenvalue weighted by Gasteiger charge is -2.43. The number of alkyl halides is 2. The Kier molecular flexibility index (Phi) is 5.17. The van der Waals surface area contributed by atoms with Crippen molar-refractivity contribution in [2.75, 3.05) is 0 Å². The van der Waals surface area contributed by atoms with Crippen molar-refractivity contribution in [3.05, 3.63) is 0 Å². The molecule has 1 saturated carbocycles. The van der Waals surface area contributed by atoms with E-state index in [4.69, 9.17) is 9.84 Å². The van der Waals surface area contributed by atoms with Gasteiger partial charge >= 0.3 is 12.1 Å². The molecule has 0 unspecified atom stereocenters. The summed E-state index contributed by atoms with van der Waals surface area (Å²) >= 11 is 0. The van der Waals surface area contributed by atoms with Gasteiger partial charge in [-0.25, -0.2) is 13.6 Å². The summed E-state index contributed by atoms with van der Waals surface area (Å²) in [7, 11) is 0. The van der Waals surface area contributed by atoms with Crippen LogP contribution in [0.4, 0.5) is 13.6 Å². The Bertz CT molecular complexity index is 398. The Morgan fingerprint density at radius 2 is 1.71 bits per heavy atom. The zero-order chi connectivity index (χ0) is 16.3. The molecule has 0 spiro atoms. The zero-order valence-electron chi connectivity index (χ0n) is 12.7. The third-order valence-corrected chi connectivity index (χ3v) is 3.52. The van der Waals surface area contributed by atoms with E-state index in [1.807, 2.05) is 0 Å². The fourth-order valence-corrected chi connectivity index (χ4v) is 2.60. The van der Waals surface area contributed by atoms with E-state index in [0.717, 1.165) is 6.42 Å². The van der Waals surface area contributed by atoms with Crippen LogP contribution >= 0.6 is 0 Å². The molecule has 1 aliphatic rings. The molecule has 0 bridgehead atoms. The van der Waals surface area contributed by atoms with Crippen molar-refractivity contribution in [3.63, 3.8) is 0 Å². The molecule has 1 rings (SSSR count). The molecule has 0 atom stereocenters. The number of alkyl carbamates (subject to hydrolysis) is 1. The number of carbonyl (C=O) groups is 2. The number of rotatable bonds is 4. The Labute approximate surface area is 123 Å². The van der Waals surface area contributed by atoms with Crippen molar-refractivity contribution in [1.82, 2.24) is 5.32 Å². The van der Waals surface area contributed by atoms with Crippen LogP contribution in [-0.2, 0) is 9.53 Å².